The molecule has 1 aliphatic carbocycles. The molecule has 1 aromatic rings. The van der Waals surface area contributed by atoms with Gasteiger partial charge in [-0.2, -0.15) is 0 Å². The number of ether oxygens (including phenoxy) is 3. The minimum absolute atomic E-state index is 0.115. The van der Waals surface area contributed by atoms with Crippen molar-refractivity contribution in [2.45, 2.75) is 36.9 Å². The molecular weight excluding hydrogens is 310 g/mol. The van der Waals surface area contributed by atoms with E-state index in [2.05, 4.69) is 27.0 Å². The van der Waals surface area contributed by atoms with Crippen LogP contribution in [0.15, 0.2) is 16.7 Å². The van der Waals surface area contributed by atoms with Gasteiger partial charge in [0.25, 0.3) is 0 Å². The summed E-state index contributed by atoms with van der Waals surface area (Å²) < 4.78 is 18.2. The molecule has 0 atom stereocenters. The Morgan fingerprint density at radius 1 is 1.05 bits per heavy atom. The van der Waals surface area contributed by atoms with Crippen LogP contribution < -0.4 is 4.74 Å². The molecule has 0 radical (unpaired) electrons. The lowest BCUT2D eigenvalue weighted by Gasteiger charge is -2.40. The molecule has 102 valence electrons. The van der Waals surface area contributed by atoms with E-state index >= 15 is 0 Å². The van der Waals surface area contributed by atoms with Gasteiger partial charge in [0.05, 0.1) is 19.8 Å². The van der Waals surface area contributed by atoms with Crippen LogP contribution in [0.5, 0.6) is 5.88 Å². The van der Waals surface area contributed by atoms with Gasteiger partial charge >= 0.3 is 0 Å². The molecule has 0 N–H and O–H groups in total. The number of hydrogen-bond donors (Lipinski definition) is 0. The van der Waals surface area contributed by atoms with Crippen molar-refractivity contribution in [3.63, 3.8) is 0 Å². The first kappa shape index (κ1) is 12.1. The molecule has 4 rings (SSSR count). The maximum absolute atomic E-state index is 5.81. The Hall–Kier alpha value is -0.650. The third-order valence-corrected chi connectivity index (χ3v) is 5.11. The van der Waals surface area contributed by atoms with Gasteiger partial charge < -0.3 is 14.2 Å². The number of pyridine rings is 1. The van der Waals surface area contributed by atoms with E-state index in [1.807, 2.05) is 6.07 Å². The van der Waals surface area contributed by atoms with Crippen molar-refractivity contribution >= 4 is 15.9 Å². The molecule has 2 aliphatic heterocycles. The summed E-state index contributed by atoms with van der Waals surface area (Å²) in [7, 11) is 0. The number of aromatic nitrogens is 1. The Labute approximate surface area is 120 Å². The van der Waals surface area contributed by atoms with Crippen LogP contribution in [0.1, 0.15) is 31.2 Å². The maximum atomic E-state index is 5.81. The molecule has 1 saturated carbocycles. The number of fused-ring (bicyclic) bond motifs is 2. The highest BCUT2D eigenvalue weighted by Crippen LogP contribution is 2.51. The number of rotatable bonds is 0. The summed E-state index contributed by atoms with van der Waals surface area (Å²) in [6, 6.07) is 4.15. The van der Waals surface area contributed by atoms with Gasteiger partial charge in [-0.15, -0.1) is 0 Å². The Morgan fingerprint density at radius 2 is 1.79 bits per heavy atom. The summed E-state index contributed by atoms with van der Waals surface area (Å²) >= 11 is 3.39. The summed E-state index contributed by atoms with van der Waals surface area (Å²) in [5, 5.41) is 0. The molecule has 0 amide bonds. The smallest absolute Gasteiger partial charge is 0.218 e. The molecule has 2 spiro atoms. The van der Waals surface area contributed by atoms with Gasteiger partial charge in [-0.05, 0) is 34.8 Å². The monoisotopic (exact) mass is 325 g/mol. The molecule has 0 aromatic carbocycles. The van der Waals surface area contributed by atoms with Crippen molar-refractivity contribution in [3.05, 3.63) is 22.3 Å². The highest BCUT2D eigenvalue weighted by atomic mass is 79.9. The van der Waals surface area contributed by atoms with Gasteiger partial charge in [0.1, 0.15) is 4.60 Å². The second kappa shape index (κ2) is 4.17. The first-order chi connectivity index (χ1) is 9.22. The van der Waals surface area contributed by atoms with E-state index in [9.17, 15) is 0 Å². The Kier molecular flexibility index (Phi) is 2.66. The topological polar surface area (TPSA) is 40.6 Å². The molecule has 3 heterocycles. The molecular formula is C14H16BrNO3. The average Bonchev–Trinajstić information content (AvgIpc) is 3.00. The van der Waals surface area contributed by atoms with Gasteiger partial charge in [0.15, 0.2) is 5.79 Å². The summed E-state index contributed by atoms with van der Waals surface area (Å²) in [6.45, 7) is 2.20. The lowest BCUT2D eigenvalue weighted by molar-refractivity contribution is -0.185. The highest BCUT2D eigenvalue weighted by molar-refractivity contribution is 9.10. The standard InChI is InChI=1S/C14H16BrNO3/c15-11-2-1-10-12(16-11)17-9-13(10)3-5-14(6-4-13)18-7-8-19-14/h1-2H,3-9H2. The van der Waals surface area contributed by atoms with Gasteiger partial charge in [-0.3, -0.25) is 0 Å². The number of nitrogens with zero attached hydrogens (tertiary/aromatic N) is 1. The summed E-state index contributed by atoms with van der Waals surface area (Å²) in [6.07, 6.45) is 3.99. The normalized spacial score (nSPS) is 26.6. The number of halogens is 1. The van der Waals surface area contributed by atoms with Gasteiger partial charge in [-0.1, -0.05) is 6.07 Å². The van der Waals surface area contributed by atoms with Crippen LogP contribution in [0.25, 0.3) is 0 Å². The second-order valence-electron chi connectivity index (χ2n) is 5.66. The van der Waals surface area contributed by atoms with Crippen molar-refractivity contribution in [1.82, 2.24) is 4.98 Å². The van der Waals surface area contributed by atoms with Crippen molar-refractivity contribution in [2.24, 2.45) is 0 Å². The third kappa shape index (κ3) is 1.82. The first-order valence-electron chi connectivity index (χ1n) is 6.79. The molecule has 0 unspecified atom stereocenters. The molecule has 1 aromatic heterocycles. The van der Waals surface area contributed by atoms with Crippen LogP contribution >= 0.6 is 15.9 Å². The first-order valence-corrected chi connectivity index (χ1v) is 7.59. The molecule has 0 bridgehead atoms. The van der Waals surface area contributed by atoms with Crippen molar-refractivity contribution < 1.29 is 14.2 Å². The van der Waals surface area contributed by atoms with Crippen LogP contribution in [-0.2, 0) is 14.9 Å². The fourth-order valence-electron chi connectivity index (χ4n) is 3.52. The minimum atomic E-state index is -0.309. The highest BCUT2D eigenvalue weighted by Gasteiger charge is 2.50. The van der Waals surface area contributed by atoms with Gasteiger partial charge in [0, 0.05) is 23.8 Å². The van der Waals surface area contributed by atoms with Crippen molar-refractivity contribution in [2.75, 3.05) is 19.8 Å². The Morgan fingerprint density at radius 3 is 2.53 bits per heavy atom. The van der Waals surface area contributed by atoms with E-state index < -0.39 is 0 Å². The van der Waals surface area contributed by atoms with E-state index in [1.165, 1.54) is 5.56 Å². The van der Waals surface area contributed by atoms with Crippen LogP contribution in [0.3, 0.4) is 0 Å². The molecule has 3 aliphatic rings. The molecule has 1 saturated heterocycles. The lowest BCUT2D eigenvalue weighted by atomic mass is 9.69. The molecule has 4 nitrogen and oxygen atoms in total. The van der Waals surface area contributed by atoms with E-state index in [0.717, 1.165) is 56.0 Å². The predicted molar refractivity (Wildman–Crippen MR) is 72.2 cm³/mol. The third-order valence-electron chi connectivity index (χ3n) is 4.67. The number of hydrogen-bond acceptors (Lipinski definition) is 4. The second-order valence-corrected chi connectivity index (χ2v) is 6.48. The molecule has 5 heteroatoms. The molecule has 2 fully saturated rings. The minimum Gasteiger partial charge on any atom is -0.476 e. The lowest BCUT2D eigenvalue weighted by Crippen LogP contribution is -2.42. The van der Waals surface area contributed by atoms with Crippen LogP contribution in [0.2, 0.25) is 0 Å². The van der Waals surface area contributed by atoms with Crippen molar-refractivity contribution in [1.29, 1.82) is 0 Å². The van der Waals surface area contributed by atoms with E-state index in [0.29, 0.717) is 0 Å². The predicted octanol–water partition coefficient (Wildman–Crippen LogP) is 2.79. The summed E-state index contributed by atoms with van der Waals surface area (Å²) in [5.41, 5.74) is 1.37. The summed E-state index contributed by atoms with van der Waals surface area (Å²) in [5.74, 6) is 0.482. The zero-order valence-corrected chi connectivity index (χ0v) is 12.2. The molecule has 19 heavy (non-hydrogen) atoms. The van der Waals surface area contributed by atoms with Crippen molar-refractivity contribution in [3.8, 4) is 5.88 Å². The van der Waals surface area contributed by atoms with Gasteiger partial charge in [-0.25, -0.2) is 4.98 Å². The zero-order chi connectivity index (χ0) is 12.9. The van der Waals surface area contributed by atoms with Crippen LogP contribution in [0, 0.1) is 0 Å². The Balaban J connectivity index is 1.61. The maximum Gasteiger partial charge on any atom is 0.218 e. The van der Waals surface area contributed by atoms with E-state index in [-0.39, 0.29) is 11.2 Å². The zero-order valence-electron chi connectivity index (χ0n) is 10.7. The quantitative estimate of drug-likeness (QED) is 0.688. The SMILES string of the molecule is Brc1ccc2c(n1)OCC21CCC2(CC1)OCCO2. The van der Waals surface area contributed by atoms with Crippen LogP contribution in [0.4, 0.5) is 0 Å². The average molecular weight is 326 g/mol. The van der Waals surface area contributed by atoms with Crippen LogP contribution in [-0.4, -0.2) is 30.6 Å². The fraction of sp³-hybridized carbons (Fsp3) is 0.643. The fourth-order valence-corrected chi connectivity index (χ4v) is 3.82. The largest absolute Gasteiger partial charge is 0.476 e. The van der Waals surface area contributed by atoms with E-state index in [4.69, 9.17) is 14.2 Å². The Bertz CT molecular complexity index is 503. The summed E-state index contributed by atoms with van der Waals surface area (Å²) in [4.78, 5) is 4.42. The van der Waals surface area contributed by atoms with Gasteiger partial charge in [0.2, 0.25) is 5.88 Å². The van der Waals surface area contributed by atoms with E-state index in [1.54, 1.807) is 0 Å².